The first-order valence-electron chi connectivity index (χ1n) is 3.63. The van der Waals surface area contributed by atoms with Crippen LogP contribution in [0.2, 0.25) is 0 Å². The minimum absolute atomic E-state index is 0.410. The zero-order valence-electron chi connectivity index (χ0n) is 7.10. The summed E-state index contributed by atoms with van der Waals surface area (Å²) in [5.74, 6) is 0.652. The lowest BCUT2D eigenvalue weighted by Gasteiger charge is -1.99. The summed E-state index contributed by atoms with van der Waals surface area (Å²) in [6.07, 6.45) is 0.464. The Labute approximate surface area is 79.3 Å². The highest BCUT2D eigenvalue weighted by Crippen LogP contribution is 2.11. The molecule has 0 saturated carbocycles. The largest absolute Gasteiger partial charge is 0.465 e. The predicted molar refractivity (Wildman–Crippen MR) is 47.8 cm³/mol. The maximum atomic E-state index is 10.1. The molecule has 0 radical (unpaired) electrons. The van der Waals surface area contributed by atoms with Gasteiger partial charge in [0.05, 0.1) is 0 Å². The van der Waals surface area contributed by atoms with Crippen molar-refractivity contribution in [2.45, 2.75) is 5.16 Å². The fourth-order valence-corrected chi connectivity index (χ4v) is 1.46. The van der Waals surface area contributed by atoms with Gasteiger partial charge in [-0.05, 0) is 0 Å². The molecule has 0 saturated heterocycles. The Bertz CT molecular complexity index is 288. The quantitative estimate of drug-likeness (QED) is 0.537. The van der Waals surface area contributed by atoms with Gasteiger partial charge in [-0.25, -0.2) is 14.5 Å². The van der Waals surface area contributed by atoms with Crippen molar-refractivity contribution in [3.63, 3.8) is 0 Å². The number of nitrogens with zero attached hydrogens (tertiary/aromatic N) is 3. The second-order valence-electron chi connectivity index (χ2n) is 2.25. The first-order chi connectivity index (χ1) is 6.20. The van der Waals surface area contributed by atoms with Crippen molar-refractivity contribution in [1.29, 1.82) is 0 Å². The van der Waals surface area contributed by atoms with E-state index in [1.807, 2.05) is 0 Å². The Hall–Kier alpha value is -1.24. The van der Waals surface area contributed by atoms with Gasteiger partial charge in [0.25, 0.3) is 0 Å². The van der Waals surface area contributed by atoms with E-state index in [1.165, 1.54) is 18.1 Å². The molecule has 0 aliphatic carbocycles. The van der Waals surface area contributed by atoms with E-state index in [9.17, 15) is 4.79 Å². The average Bonchev–Trinajstić information content (AvgIpc) is 2.45. The molecule has 1 aromatic heterocycles. The van der Waals surface area contributed by atoms with E-state index in [1.54, 1.807) is 11.7 Å². The predicted octanol–water partition coefficient (Wildman–Crippen LogP) is 0.175. The molecule has 1 heterocycles. The Morgan fingerprint density at radius 1 is 1.85 bits per heavy atom. The molecule has 0 atom stereocenters. The number of hydrogen-bond acceptors (Lipinski definition) is 4. The van der Waals surface area contributed by atoms with Gasteiger partial charge in [-0.1, -0.05) is 11.8 Å². The van der Waals surface area contributed by atoms with E-state index in [0.29, 0.717) is 12.3 Å². The molecule has 0 aliphatic heterocycles. The summed E-state index contributed by atoms with van der Waals surface area (Å²) < 4.78 is 1.64. The first kappa shape index (κ1) is 9.85. The van der Waals surface area contributed by atoms with Crippen molar-refractivity contribution in [2.75, 3.05) is 12.3 Å². The molecule has 0 spiro atoms. The van der Waals surface area contributed by atoms with Gasteiger partial charge < -0.3 is 10.4 Å². The standard InChI is InChI=1S/C6H10N4O2S/c1-10-5(8-4-9-10)13-3-2-7-6(11)12/h4,7H,2-3H2,1H3,(H,11,12). The zero-order chi connectivity index (χ0) is 9.68. The van der Waals surface area contributed by atoms with E-state index in [2.05, 4.69) is 15.4 Å². The van der Waals surface area contributed by atoms with Crippen LogP contribution in [0.1, 0.15) is 0 Å². The normalized spacial score (nSPS) is 9.92. The topological polar surface area (TPSA) is 80.0 Å². The molecule has 0 aromatic carbocycles. The van der Waals surface area contributed by atoms with Crippen LogP contribution in [0.3, 0.4) is 0 Å². The fourth-order valence-electron chi connectivity index (χ4n) is 0.717. The van der Waals surface area contributed by atoms with Crippen molar-refractivity contribution < 1.29 is 9.90 Å². The van der Waals surface area contributed by atoms with Crippen molar-refractivity contribution in [1.82, 2.24) is 20.1 Å². The summed E-state index contributed by atoms with van der Waals surface area (Å²) in [5, 5.41) is 15.2. The van der Waals surface area contributed by atoms with E-state index >= 15 is 0 Å². The third-order valence-electron chi connectivity index (χ3n) is 1.28. The molecule has 1 amide bonds. The summed E-state index contributed by atoms with van der Waals surface area (Å²) in [6, 6.07) is 0. The summed E-state index contributed by atoms with van der Waals surface area (Å²) in [5.41, 5.74) is 0. The number of carboxylic acid groups (broad SMARTS) is 1. The average molecular weight is 202 g/mol. The summed E-state index contributed by atoms with van der Waals surface area (Å²) >= 11 is 1.46. The third-order valence-corrected chi connectivity index (χ3v) is 2.32. The van der Waals surface area contributed by atoms with Gasteiger partial charge in [0.2, 0.25) is 0 Å². The van der Waals surface area contributed by atoms with Gasteiger partial charge in [0.1, 0.15) is 6.33 Å². The van der Waals surface area contributed by atoms with Crippen molar-refractivity contribution >= 4 is 17.9 Å². The van der Waals surface area contributed by atoms with Crippen LogP contribution in [-0.4, -0.2) is 38.3 Å². The van der Waals surface area contributed by atoms with Crippen LogP contribution < -0.4 is 5.32 Å². The highest BCUT2D eigenvalue weighted by atomic mass is 32.2. The van der Waals surface area contributed by atoms with E-state index < -0.39 is 6.09 Å². The lowest BCUT2D eigenvalue weighted by molar-refractivity contribution is 0.195. The van der Waals surface area contributed by atoms with Crippen molar-refractivity contribution in [2.24, 2.45) is 7.05 Å². The molecular weight excluding hydrogens is 192 g/mol. The number of aromatic nitrogens is 3. The first-order valence-corrected chi connectivity index (χ1v) is 4.62. The van der Waals surface area contributed by atoms with E-state index in [0.717, 1.165) is 5.16 Å². The molecular formula is C6H10N4O2S. The SMILES string of the molecule is Cn1ncnc1SCCNC(=O)O. The molecule has 0 aliphatic rings. The van der Waals surface area contributed by atoms with Crippen LogP contribution in [0.15, 0.2) is 11.5 Å². The monoisotopic (exact) mass is 202 g/mol. The smallest absolute Gasteiger partial charge is 0.404 e. The molecule has 1 rings (SSSR count). The zero-order valence-corrected chi connectivity index (χ0v) is 7.91. The summed E-state index contributed by atoms with van der Waals surface area (Å²) in [7, 11) is 1.79. The number of carbonyl (C=O) groups is 1. The molecule has 0 fully saturated rings. The van der Waals surface area contributed by atoms with Gasteiger partial charge in [0.15, 0.2) is 5.16 Å². The highest BCUT2D eigenvalue weighted by Gasteiger charge is 2.00. The van der Waals surface area contributed by atoms with Crippen LogP contribution in [-0.2, 0) is 7.05 Å². The van der Waals surface area contributed by atoms with Gasteiger partial charge in [-0.3, -0.25) is 0 Å². The maximum absolute atomic E-state index is 10.1. The van der Waals surface area contributed by atoms with Crippen molar-refractivity contribution in [3.05, 3.63) is 6.33 Å². The Balaban J connectivity index is 2.20. The number of amides is 1. The maximum Gasteiger partial charge on any atom is 0.404 e. The van der Waals surface area contributed by atoms with Gasteiger partial charge in [-0.2, -0.15) is 5.10 Å². The van der Waals surface area contributed by atoms with Crippen LogP contribution in [0.25, 0.3) is 0 Å². The van der Waals surface area contributed by atoms with E-state index in [4.69, 9.17) is 5.11 Å². The molecule has 0 unspecified atom stereocenters. The van der Waals surface area contributed by atoms with Gasteiger partial charge in [-0.15, -0.1) is 0 Å². The minimum Gasteiger partial charge on any atom is -0.465 e. The molecule has 2 N–H and O–H groups in total. The van der Waals surface area contributed by atoms with Crippen LogP contribution >= 0.6 is 11.8 Å². The van der Waals surface area contributed by atoms with Crippen LogP contribution in [0, 0.1) is 0 Å². The number of thioether (sulfide) groups is 1. The lowest BCUT2D eigenvalue weighted by atomic mass is 10.7. The second kappa shape index (κ2) is 4.70. The number of aryl methyl sites for hydroxylation is 1. The van der Waals surface area contributed by atoms with Gasteiger partial charge >= 0.3 is 6.09 Å². The molecule has 6 nitrogen and oxygen atoms in total. The number of rotatable bonds is 4. The lowest BCUT2D eigenvalue weighted by Crippen LogP contribution is -2.23. The Morgan fingerprint density at radius 3 is 3.15 bits per heavy atom. The van der Waals surface area contributed by atoms with Gasteiger partial charge in [0, 0.05) is 19.3 Å². The molecule has 0 bridgehead atoms. The van der Waals surface area contributed by atoms with E-state index in [-0.39, 0.29) is 0 Å². The summed E-state index contributed by atoms with van der Waals surface area (Å²) in [6.45, 7) is 0.410. The Morgan fingerprint density at radius 2 is 2.62 bits per heavy atom. The molecule has 72 valence electrons. The van der Waals surface area contributed by atoms with Crippen molar-refractivity contribution in [3.8, 4) is 0 Å². The number of hydrogen-bond donors (Lipinski definition) is 2. The Kier molecular flexibility index (Phi) is 3.56. The molecule has 1 aromatic rings. The minimum atomic E-state index is -1.00. The van der Waals surface area contributed by atoms with Crippen LogP contribution in [0.4, 0.5) is 4.79 Å². The molecule has 7 heteroatoms. The summed E-state index contributed by atoms with van der Waals surface area (Å²) in [4.78, 5) is 14.0. The van der Waals surface area contributed by atoms with Crippen LogP contribution in [0.5, 0.6) is 0 Å². The highest BCUT2D eigenvalue weighted by molar-refractivity contribution is 7.99. The number of nitrogens with one attached hydrogen (secondary N) is 1. The second-order valence-corrected chi connectivity index (χ2v) is 3.31. The fraction of sp³-hybridized carbons (Fsp3) is 0.500. The molecule has 13 heavy (non-hydrogen) atoms. The third kappa shape index (κ3) is 3.32.